The summed E-state index contributed by atoms with van der Waals surface area (Å²) in [4.78, 5) is 0. The van der Waals surface area contributed by atoms with Crippen LogP contribution < -0.4 is 10.1 Å². The summed E-state index contributed by atoms with van der Waals surface area (Å²) in [6.45, 7) is 6.99. The maximum absolute atomic E-state index is 5.24. The zero-order chi connectivity index (χ0) is 13.2. The molecule has 0 aromatic heterocycles. The smallest absolute Gasteiger partial charge is 0.119 e. The van der Waals surface area contributed by atoms with Gasteiger partial charge in [0.25, 0.3) is 0 Å². The SMILES string of the molecule is C=CCCCCCN[C@H](C)c1cccc(OC)c1. The highest BCUT2D eigenvalue weighted by molar-refractivity contribution is 5.30. The summed E-state index contributed by atoms with van der Waals surface area (Å²) in [5.41, 5.74) is 1.28. The minimum absolute atomic E-state index is 0.375. The zero-order valence-corrected chi connectivity index (χ0v) is 11.6. The number of hydrogen-bond donors (Lipinski definition) is 1. The Labute approximate surface area is 111 Å². The topological polar surface area (TPSA) is 21.3 Å². The number of unbranched alkanes of at least 4 members (excludes halogenated alkanes) is 3. The monoisotopic (exact) mass is 247 g/mol. The summed E-state index contributed by atoms with van der Waals surface area (Å²) in [6.07, 6.45) is 6.86. The standard InChI is InChI=1S/C16H25NO/c1-4-5-6-7-8-12-17-14(2)15-10-9-11-16(13-15)18-3/h4,9-11,13-14,17H,1,5-8,12H2,2-3H3/t14-/m1/s1. The van der Waals surface area contributed by atoms with Crippen molar-refractivity contribution in [2.45, 2.75) is 38.6 Å². The third-order valence-corrected chi connectivity index (χ3v) is 3.13. The van der Waals surface area contributed by atoms with Gasteiger partial charge in [0.2, 0.25) is 0 Å². The average Bonchev–Trinajstić information content (AvgIpc) is 2.42. The van der Waals surface area contributed by atoms with Gasteiger partial charge in [0.15, 0.2) is 0 Å². The predicted octanol–water partition coefficient (Wildman–Crippen LogP) is 4.09. The Morgan fingerprint density at radius 1 is 1.33 bits per heavy atom. The summed E-state index contributed by atoms with van der Waals surface area (Å²) in [6, 6.07) is 8.62. The van der Waals surface area contributed by atoms with Gasteiger partial charge in [0.1, 0.15) is 5.75 Å². The van der Waals surface area contributed by atoms with E-state index in [0.29, 0.717) is 6.04 Å². The van der Waals surface area contributed by atoms with Gasteiger partial charge in [0.05, 0.1) is 7.11 Å². The molecule has 100 valence electrons. The summed E-state index contributed by atoms with van der Waals surface area (Å²) in [5.74, 6) is 0.923. The van der Waals surface area contributed by atoms with Crippen molar-refractivity contribution in [2.24, 2.45) is 0 Å². The highest BCUT2D eigenvalue weighted by Crippen LogP contribution is 2.18. The molecular weight excluding hydrogens is 222 g/mol. The molecule has 1 aromatic rings. The zero-order valence-electron chi connectivity index (χ0n) is 11.6. The maximum Gasteiger partial charge on any atom is 0.119 e. The highest BCUT2D eigenvalue weighted by Gasteiger charge is 2.04. The molecule has 0 aliphatic rings. The second-order valence-corrected chi connectivity index (χ2v) is 4.59. The lowest BCUT2D eigenvalue weighted by molar-refractivity contribution is 0.413. The van der Waals surface area contributed by atoms with Gasteiger partial charge in [-0.05, 0) is 50.4 Å². The largest absolute Gasteiger partial charge is 0.497 e. The fraction of sp³-hybridized carbons (Fsp3) is 0.500. The molecule has 0 spiro atoms. The number of nitrogens with one attached hydrogen (secondary N) is 1. The first-order chi connectivity index (χ1) is 8.77. The maximum atomic E-state index is 5.24. The van der Waals surface area contributed by atoms with Crippen LogP contribution >= 0.6 is 0 Å². The molecule has 2 heteroatoms. The van der Waals surface area contributed by atoms with Crippen molar-refractivity contribution in [1.29, 1.82) is 0 Å². The van der Waals surface area contributed by atoms with Gasteiger partial charge in [-0.1, -0.05) is 24.6 Å². The lowest BCUT2D eigenvalue weighted by Crippen LogP contribution is -2.19. The van der Waals surface area contributed by atoms with Crippen molar-refractivity contribution >= 4 is 0 Å². The summed E-state index contributed by atoms with van der Waals surface area (Å²) in [7, 11) is 1.71. The molecule has 1 rings (SSSR count). The minimum atomic E-state index is 0.375. The Hall–Kier alpha value is -1.28. The lowest BCUT2D eigenvalue weighted by Gasteiger charge is -2.15. The van der Waals surface area contributed by atoms with Crippen LogP contribution in [0.5, 0.6) is 5.75 Å². The van der Waals surface area contributed by atoms with E-state index in [1.807, 2.05) is 18.2 Å². The molecule has 0 saturated carbocycles. The number of rotatable bonds is 9. The number of allylic oxidation sites excluding steroid dienone is 1. The van der Waals surface area contributed by atoms with E-state index in [-0.39, 0.29) is 0 Å². The van der Waals surface area contributed by atoms with Gasteiger partial charge >= 0.3 is 0 Å². The Balaban J connectivity index is 2.27. The van der Waals surface area contributed by atoms with Crippen molar-refractivity contribution in [3.05, 3.63) is 42.5 Å². The van der Waals surface area contributed by atoms with Crippen LogP contribution in [0.15, 0.2) is 36.9 Å². The van der Waals surface area contributed by atoms with Crippen LogP contribution in [0.4, 0.5) is 0 Å². The minimum Gasteiger partial charge on any atom is -0.497 e. The number of hydrogen-bond acceptors (Lipinski definition) is 2. The van der Waals surface area contributed by atoms with E-state index in [1.54, 1.807) is 7.11 Å². The summed E-state index contributed by atoms with van der Waals surface area (Å²) in [5, 5.41) is 3.55. The van der Waals surface area contributed by atoms with E-state index in [0.717, 1.165) is 18.7 Å². The molecule has 0 bridgehead atoms. The van der Waals surface area contributed by atoms with E-state index < -0.39 is 0 Å². The van der Waals surface area contributed by atoms with Crippen LogP contribution in [0.2, 0.25) is 0 Å². The first kappa shape index (κ1) is 14.8. The molecule has 2 nitrogen and oxygen atoms in total. The Morgan fingerprint density at radius 3 is 2.89 bits per heavy atom. The van der Waals surface area contributed by atoms with E-state index >= 15 is 0 Å². The van der Waals surface area contributed by atoms with Crippen molar-refractivity contribution in [3.8, 4) is 5.75 Å². The Bertz CT molecular complexity index is 349. The molecule has 1 atom stereocenters. The molecule has 1 aromatic carbocycles. The predicted molar refractivity (Wildman–Crippen MR) is 78.1 cm³/mol. The van der Waals surface area contributed by atoms with E-state index in [1.165, 1.54) is 24.8 Å². The molecule has 0 heterocycles. The number of ether oxygens (including phenoxy) is 1. The van der Waals surface area contributed by atoms with Crippen LogP contribution in [0.25, 0.3) is 0 Å². The Kier molecular flexibility index (Phi) is 7.19. The molecule has 18 heavy (non-hydrogen) atoms. The normalized spacial score (nSPS) is 12.1. The molecule has 0 aliphatic carbocycles. The fourth-order valence-electron chi connectivity index (χ4n) is 1.94. The van der Waals surface area contributed by atoms with E-state index in [2.05, 4.69) is 31.0 Å². The van der Waals surface area contributed by atoms with Gasteiger partial charge in [-0.2, -0.15) is 0 Å². The molecular formula is C16H25NO. The quantitative estimate of drug-likeness (QED) is 0.524. The van der Waals surface area contributed by atoms with Crippen LogP contribution in [0.1, 0.15) is 44.2 Å². The van der Waals surface area contributed by atoms with Crippen LogP contribution in [0, 0.1) is 0 Å². The molecule has 0 fully saturated rings. The van der Waals surface area contributed by atoms with Gasteiger partial charge in [-0.25, -0.2) is 0 Å². The summed E-state index contributed by atoms with van der Waals surface area (Å²) < 4.78 is 5.24. The lowest BCUT2D eigenvalue weighted by atomic mass is 10.1. The van der Waals surface area contributed by atoms with Gasteiger partial charge in [-0.15, -0.1) is 6.58 Å². The van der Waals surface area contributed by atoms with Crippen molar-refractivity contribution < 1.29 is 4.74 Å². The molecule has 0 amide bonds. The third-order valence-electron chi connectivity index (χ3n) is 3.13. The van der Waals surface area contributed by atoms with Gasteiger partial charge in [0, 0.05) is 6.04 Å². The van der Waals surface area contributed by atoms with Crippen LogP contribution in [-0.4, -0.2) is 13.7 Å². The molecule has 0 saturated heterocycles. The van der Waals surface area contributed by atoms with Gasteiger partial charge < -0.3 is 10.1 Å². The van der Waals surface area contributed by atoms with Crippen LogP contribution in [0.3, 0.4) is 0 Å². The van der Waals surface area contributed by atoms with Crippen molar-refractivity contribution in [2.75, 3.05) is 13.7 Å². The van der Waals surface area contributed by atoms with E-state index in [9.17, 15) is 0 Å². The van der Waals surface area contributed by atoms with Crippen molar-refractivity contribution in [3.63, 3.8) is 0 Å². The molecule has 0 unspecified atom stereocenters. The fourth-order valence-corrected chi connectivity index (χ4v) is 1.94. The van der Waals surface area contributed by atoms with Crippen molar-refractivity contribution in [1.82, 2.24) is 5.32 Å². The molecule has 1 N–H and O–H groups in total. The Morgan fingerprint density at radius 2 is 2.17 bits per heavy atom. The first-order valence-electron chi connectivity index (χ1n) is 6.76. The highest BCUT2D eigenvalue weighted by atomic mass is 16.5. The molecule has 0 aliphatic heterocycles. The third kappa shape index (κ3) is 5.37. The second kappa shape index (κ2) is 8.76. The van der Waals surface area contributed by atoms with Crippen LogP contribution in [-0.2, 0) is 0 Å². The van der Waals surface area contributed by atoms with Gasteiger partial charge in [-0.3, -0.25) is 0 Å². The average molecular weight is 247 g/mol. The first-order valence-corrected chi connectivity index (χ1v) is 6.76. The number of benzene rings is 1. The second-order valence-electron chi connectivity index (χ2n) is 4.59. The number of methoxy groups -OCH3 is 1. The summed E-state index contributed by atoms with van der Waals surface area (Å²) >= 11 is 0. The molecule has 0 radical (unpaired) electrons. The van der Waals surface area contributed by atoms with E-state index in [4.69, 9.17) is 4.74 Å².